The second-order valence-electron chi connectivity index (χ2n) is 3.28. The molecule has 1 atom stereocenters. The van der Waals surface area contributed by atoms with Crippen LogP contribution in [-0.2, 0) is 6.42 Å². The molecule has 2 aromatic rings. The lowest BCUT2D eigenvalue weighted by atomic mass is 10.1. The van der Waals surface area contributed by atoms with Crippen LogP contribution in [0, 0.1) is 0 Å². The van der Waals surface area contributed by atoms with E-state index in [0.717, 1.165) is 0 Å². The first-order valence-corrected chi connectivity index (χ1v) is 4.86. The van der Waals surface area contributed by atoms with Crippen molar-refractivity contribution in [2.45, 2.75) is 12.5 Å². The molecule has 2 aromatic heterocycles. The van der Waals surface area contributed by atoms with E-state index in [9.17, 15) is 5.11 Å². The standard InChI is InChI=1S/C11H12N2O3/c1-15-11-6-9(12-7-13-11)10(14)5-8-3-2-4-16-8/h2-4,6-7,10,14H,5H2,1H3. The molecule has 1 unspecified atom stereocenters. The first-order chi connectivity index (χ1) is 7.79. The number of rotatable bonds is 4. The maximum atomic E-state index is 9.91. The summed E-state index contributed by atoms with van der Waals surface area (Å²) in [4.78, 5) is 7.85. The molecule has 1 N–H and O–H groups in total. The number of aliphatic hydroxyl groups excluding tert-OH is 1. The minimum absolute atomic E-state index is 0.382. The maximum Gasteiger partial charge on any atom is 0.216 e. The van der Waals surface area contributed by atoms with Crippen LogP contribution >= 0.6 is 0 Å². The van der Waals surface area contributed by atoms with Crippen molar-refractivity contribution in [3.05, 3.63) is 42.2 Å². The first-order valence-electron chi connectivity index (χ1n) is 4.86. The van der Waals surface area contributed by atoms with Crippen molar-refractivity contribution >= 4 is 0 Å². The van der Waals surface area contributed by atoms with Gasteiger partial charge in [-0.1, -0.05) is 0 Å². The summed E-state index contributed by atoms with van der Waals surface area (Å²) in [6.07, 6.45) is 2.60. The highest BCUT2D eigenvalue weighted by Gasteiger charge is 2.12. The fraction of sp³-hybridized carbons (Fsp3) is 0.273. The third-order valence-electron chi connectivity index (χ3n) is 2.19. The smallest absolute Gasteiger partial charge is 0.216 e. The molecule has 2 rings (SSSR count). The summed E-state index contributed by atoms with van der Waals surface area (Å²) in [5, 5.41) is 9.91. The molecule has 0 amide bonds. The van der Waals surface area contributed by atoms with Crippen molar-refractivity contribution in [3.8, 4) is 5.88 Å². The number of hydrogen-bond acceptors (Lipinski definition) is 5. The van der Waals surface area contributed by atoms with Gasteiger partial charge in [0.15, 0.2) is 0 Å². The molecule has 5 heteroatoms. The van der Waals surface area contributed by atoms with Gasteiger partial charge >= 0.3 is 0 Å². The van der Waals surface area contributed by atoms with Gasteiger partial charge in [-0.2, -0.15) is 0 Å². The highest BCUT2D eigenvalue weighted by molar-refractivity contribution is 5.16. The molecule has 0 aliphatic carbocycles. The van der Waals surface area contributed by atoms with E-state index in [4.69, 9.17) is 9.15 Å². The van der Waals surface area contributed by atoms with Crippen LogP contribution in [0.1, 0.15) is 17.6 Å². The van der Waals surface area contributed by atoms with E-state index in [2.05, 4.69) is 9.97 Å². The molecule has 0 saturated carbocycles. The van der Waals surface area contributed by atoms with E-state index in [0.29, 0.717) is 23.8 Å². The molecule has 5 nitrogen and oxygen atoms in total. The molecule has 0 saturated heterocycles. The van der Waals surface area contributed by atoms with Crippen LogP contribution in [0.2, 0.25) is 0 Å². The van der Waals surface area contributed by atoms with E-state index < -0.39 is 6.10 Å². The molecule has 0 radical (unpaired) electrons. The Balaban J connectivity index is 2.11. The highest BCUT2D eigenvalue weighted by Crippen LogP contribution is 2.18. The summed E-state index contributed by atoms with van der Waals surface area (Å²) in [5.74, 6) is 1.15. The second-order valence-corrected chi connectivity index (χ2v) is 3.28. The Hall–Kier alpha value is -1.88. The Labute approximate surface area is 92.7 Å². The molecular weight excluding hydrogens is 208 g/mol. The van der Waals surface area contributed by atoms with Gasteiger partial charge in [0.05, 0.1) is 19.1 Å². The van der Waals surface area contributed by atoms with Crippen molar-refractivity contribution in [2.75, 3.05) is 7.11 Å². The van der Waals surface area contributed by atoms with Gasteiger partial charge in [0.1, 0.15) is 18.2 Å². The summed E-state index contributed by atoms with van der Waals surface area (Å²) in [6, 6.07) is 5.19. The van der Waals surface area contributed by atoms with Crippen molar-refractivity contribution in [3.63, 3.8) is 0 Å². The average Bonchev–Trinajstić information content (AvgIpc) is 2.82. The number of nitrogens with zero attached hydrogens (tertiary/aromatic N) is 2. The van der Waals surface area contributed by atoms with Gasteiger partial charge in [-0.15, -0.1) is 0 Å². The Kier molecular flexibility index (Phi) is 3.16. The fourth-order valence-corrected chi connectivity index (χ4v) is 1.37. The largest absolute Gasteiger partial charge is 0.481 e. The number of furan rings is 1. The summed E-state index contributed by atoms with van der Waals surface area (Å²) < 4.78 is 10.1. The van der Waals surface area contributed by atoms with Crippen LogP contribution in [-0.4, -0.2) is 22.2 Å². The van der Waals surface area contributed by atoms with E-state index in [-0.39, 0.29) is 0 Å². The average molecular weight is 220 g/mol. The van der Waals surface area contributed by atoms with Crippen LogP contribution in [0.5, 0.6) is 5.88 Å². The Bertz CT molecular complexity index is 442. The maximum absolute atomic E-state index is 9.91. The molecule has 0 fully saturated rings. The van der Waals surface area contributed by atoms with Gasteiger partial charge < -0.3 is 14.3 Å². The van der Waals surface area contributed by atoms with Crippen LogP contribution in [0.4, 0.5) is 0 Å². The van der Waals surface area contributed by atoms with Gasteiger partial charge in [0.25, 0.3) is 0 Å². The van der Waals surface area contributed by atoms with Crippen molar-refractivity contribution in [2.24, 2.45) is 0 Å². The first kappa shape index (κ1) is 10.6. The van der Waals surface area contributed by atoms with Gasteiger partial charge in [-0.3, -0.25) is 0 Å². The van der Waals surface area contributed by atoms with Crippen LogP contribution < -0.4 is 4.74 Å². The topological polar surface area (TPSA) is 68.4 Å². The lowest BCUT2D eigenvalue weighted by Crippen LogP contribution is -2.04. The monoisotopic (exact) mass is 220 g/mol. The zero-order chi connectivity index (χ0) is 11.4. The lowest BCUT2D eigenvalue weighted by molar-refractivity contribution is 0.165. The molecule has 16 heavy (non-hydrogen) atoms. The van der Waals surface area contributed by atoms with Gasteiger partial charge in [-0.05, 0) is 12.1 Å². The number of methoxy groups -OCH3 is 1. The molecule has 2 heterocycles. The van der Waals surface area contributed by atoms with E-state index >= 15 is 0 Å². The minimum atomic E-state index is -0.719. The van der Waals surface area contributed by atoms with Gasteiger partial charge in [-0.25, -0.2) is 9.97 Å². The number of aromatic nitrogens is 2. The van der Waals surface area contributed by atoms with Crippen LogP contribution in [0.25, 0.3) is 0 Å². The Morgan fingerprint density at radius 2 is 2.38 bits per heavy atom. The molecule has 84 valence electrons. The summed E-state index contributed by atoms with van der Waals surface area (Å²) in [7, 11) is 1.52. The van der Waals surface area contributed by atoms with Crippen LogP contribution in [0.3, 0.4) is 0 Å². The zero-order valence-electron chi connectivity index (χ0n) is 8.83. The third-order valence-corrected chi connectivity index (χ3v) is 2.19. The number of hydrogen-bond donors (Lipinski definition) is 1. The van der Waals surface area contributed by atoms with Gasteiger partial charge in [0.2, 0.25) is 5.88 Å². The minimum Gasteiger partial charge on any atom is -0.481 e. The quantitative estimate of drug-likeness (QED) is 0.842. The molecular formula is C11H12N2O3. The summed E-state index contributed by atoms with van der Waals surface area (Å²) in [6.45, 7) is 0. The normalized spacial score (nSPS) is 12.4. The fourth-order valence-electron chi connectivity index (χ4n) is 1.37. The van der Waals surface area contributed by atoms with Crippen molar-refractivity contribution in [1.29, 1.82) is 0 Å². The number of aliphatic hydroxyl groups is 1. The summed E-state index contributed by atoms with van der Waals surface area (Å²) in [5.41, 5.74) is 0.517. The van der Waals surface area contributed by atoms with E-state index in [1.807, 2.05) is 6.07 Å². The predicted octanol–water partition coefficient (Wildman–Crippen LogP) is 1.35. The Morgan fingerprint density at radius 3 is 3.06 bits per heavy atom. The molecule has 0 spiro atoms. The molecule has 0 aliphatic rings. The SMILES string of the molecule is COc1cc(C(O)Cc2ccco2)ncn1. The molecule has 0 aromatic carbocycles. The summed E-state index contributed by atoms with van der Waals surface area (Å²) >= 11 is 0. The second kappa shape index (κ2) is 4.76. The predicted molar refractivity (Wildman–Crippen MR) is 56.0 cm³/mol. The molecule has 0 bridgehead atoms. The van der Waals surface area contributed by atoms with Gasteiger partial charge in [0, 0.05) is 12.5 Å². The lowest BCUT2D eigenvalue weighted by Gasteiger charge is -2.08. The van der Waals surface area contributed by atoms with Crippen molar-refractivity contribution < 1.29 is 14.3 Å². The van der Waals surface area contributed by atoms with Crippen LogP contribution in [0.15, 0.2) is 35.2 Å². The Morgan fingerprint density at radius 1 is 1.50 bits per heavy atom. The number of ether oxygens (including phenoxy) is 1. The third kappa shape index (κ3) is 2.38. The molecule has 0 aliphatic heterocycles. The van der Waals surface area contributed by atoms with Crippen molar-refractivity contribution in [1.82, 2.24) is 9.97 Å². The zero-order valence-corrected chi connectivity index (χ0v) is 8.83. The van der Waals surface area contributed by atoms with E-state index in [1.165, 1.54) is 13.4 Å². The van der Waals surface area contributed by atoms with E-state index in [1.54, 1.807) is 18.4 Å². The highest BCUT2D eigenvalue weighted by atomic mass is 16.5.